The van der Waals surface area contributed by atoms with E-state index in [2.05, 4.69) is 6.07 Å². The minimum atomic E-state index is -0.922. The third-order valence-electron chi connectivity index (χ3n) is 4.63. The molecule has 1 aromatic carbocycles. The second-order valence-corrected chi connectivity index (χ2v) is 5.98. The summed E-state index contributed by atoms with van der Waals surface area (Å²) in [5, 5.41) is 8.81. The van der Waals surface area contributed by atoms with Crippen LogP contribution in [0.25, 0.3) is 11.6 Å². The molecule has 110 valence electrons. The predicted octanol–water partition coefficient (Wildman–Crippen LogP) is 4.06. The molecule has 0 radical (unpaired) electrons. The average Bonchev–Trinajstić information content (AvgIpc) is 3.08. The number of methoxy groups -OCH3 is 1. The van der Waals surface area contributed by atoms with E-state index in [1.165, 1.54) is 30.9 Å². The topological polar surface area (TPSA) is 46.5 Å². The van der Waals surface area contributed by atoms with E-state index in [4.69, 9.17) is 9.84 Å². The minimum absolute atomic E-state index is 0.805. The number of allylic oxidation sites excluding steroid dienone is 2. The van der Waals surface area contributed by atoms with Crippen LogP contribution >= 0.6 is 0 Å². The number of hydrogen-bond acceptors (Lipinski definition) is 2. The van der Waals surface area contributed by atoms with Crippen LogP contribution in [0, 0.1) is 12.8 Å². The molecule has 0 aromatic heterocycles. The number of benzene rings is 1. The first kappa shape index (κ1) is 13.9. The average molecular weight is 284 g/mol. The van der Waals surface area contributed by atoms with Crippen LogP contribution in [0.15, 0.2) is 23.8 Å². The van der Waals surface area contributed by atoms with Gasteiger partial charge in [-0.05, 0) is 73.4 Å². The second kappa shape index (κ2) is 5.40. The zero-order valence-corrected chi connectivity index (χ0v) is 12.5. The van der Waals surface area contributed by atoms with E-state index in [-0.39, 0.29) is 0 Å². The van der Waals surface area contributed by atoms with Crippen molar-refractivity contribution < 1.29 is 14.6 Å². The number of aryl methyl sites for hydroxylation is 1. The Morgan fingerprint density at radius 2 is 2.19 bits per heavy atom. The Bertz CT molecular complexity index is 653. The zero-order valence-electron chi connectivity index (χ0n) is 12.5. The molecule has 0 heterocycles. The Kier molecular flexibility index (Phi) is 3.58. The highest BCUT2D eigenvalue weighted by Crippen LogP contribution is 2.50. The number of ether oxygens (including phenoxy) is 1. The maximum Gasteiger partial charge on any atom is 0.328 e. The highest BCUT2D eigenvalue weighted by molar-refractivity contribution is 5.86. The summed E-state index contributed by atoms with van der Waals surface area (Å²) < 4.78 is 5.55. The summed E-state index contributed by atoms with van der Waals surface area (Å²) in [7, 11) is 1.70. The molecule has 21 heavy (non-hydrogen) atoms. The fourth-order valence-electron chi connectivity index (χ4n) is 3.56. The molecule has 3 rings (SSSR count). The van der Waals surface area contributed by atoms with Gasteiger partial charge in [-0.25, -0.2) is 4.79 Å². The van der Waals surface area contributed by atoms with Crippen molar-refractivity contribution in [2.45, 2.75) is 32.6 Å². The van der Waals surface area contributed by atoms with Crippen molar-refractivity contribution in [3.63, 3.8) is 0 Å². The molecule has 0 spiro atoms. The van der Waals surface area contributed by atoms with E-state index in [1.54, 1.807) is 18.8 Å². The fraction of sp³-hybridized carbons (Fsp3) is 0.389. The summed E-state index contributed by atoms with van der Waals surface area (Å²) in [6.45, 7) is 1.98. The van der Waals surface area contributed by atoms with Gasteiger partial charge in [-0.15, -0.1) is 0 Å². The number of hydrogen-bond donors (Lipinski definition) is 1. The van der Waals surface area contributed by atoms with Gasteiger partial charge in [0.2, 0.25) is 0 Å². The predicted molar refractivity (Wildman–Crippen MR) is 83.3 cm³/mol. The molecule has 1 aromatic rings. The Hall–Kier alpha value is -2.03. The Balaban J connectivity index is 2.06. The van der Waals surface area contributed by atoms with Crippen molar-refractivity contribution in [1.29, 1.82) is 0 Å². The normalized spacial score (nSPS) is 20.6. The van der Waals surface area contributed by atoms with Crippen molar-refractivity contribution in [3.05, 3.63) is 40.5 Å². The van der Waals surface area contributed by atoms with Crippen LogP contribution in [0.2, 0.25) is 0 Å². The molecule has 1 fully saturated rings. The largest absolute Gasteiger partial charge is 0.496 e. The molecule has 1 atom stereocenters. The molecular formula is C18H20O3. The number of carboxylic acid groups (broad SMARTS) is 1. The standard InChI is InChI=1S/C18H20O3/c1-11-7-17(21-2)16(10-13(11)5-6-18(19)20)15-9-12-3-4-14(15)8-12/h5-7,10,12H,3-4,8-9H2,1-2H3,(H,19,20)/b6-5+. The molecular weight excluding hydrogens is 264 g/mol. The fourth-order valence-corrected chi connectivity index (χ4v) is 3.56. The highest BCUT2D eigenvalue weighted by atomic mass is 16.5. The van der Waals surface area contributed by atoms with Gasteiger partial charge in [-0.2, -0.15) is 0 Å². The van der Waals surface area contributed by atoms with Crippen LogP contribution in [0.5, 0.6) is 5.75 Å². The summed E-state index contributed by atoms with van der Waals surface area (Å²) in [6, 6.07) is 4.09. The molecule has 0 saturated heterocycles. The van der Waals surface area contributed by atoms with E-state index < -0.39 is 5.97 Å². The molecule has 0 aliphatic heterocycles. The SMILES string of the molecule is COc1cc(C)c(/C=C/C(=O)O)cc1C1=C2CCC(C2)C1. The second-order valence-electron chi connectivity index (χ2n) is 5.98. The monoisotopic (exact) mass is 284 g/mol. The quantitative estimate of drug-likeness (QED) is 0.848. The number of rotatable bonds is 4. The van der Waals surface area contributed by atoms with Crippen LogP contribution in [0.3, 0.4) is 0 Å². The summed E-state index contributed by atoms with van der Waals surface area (Å²) in [5.74, 6) is 0.780. The van der Waals surface area contributed by atoms with E-state index in [1.807, 2.05) is 13.0 Å². The first-order valence-electron chi connectivity index (χ1n) is 7.39. The van der Waals surface area contributed by atoms with Gasteiger partial charge in [0, 0.05) is 11.6 Å². The first-order valence-corrected chi connectivity index (χ1v) is 7.39. The molecule has 3 nitrogen and oxygen atoms in total. The lowest BCUT2D eigenvalue weighted by Crippen LogP contribution is -1.99. The number of carbonyl (C=O) groups is 1. The Labute approximate surface area is 124 Å². The van der Waals surface area contributed by atoms with Gasteiger partial charge in [0.1, 0.15) is 5.75 Å². The zero-order chi connectivity index (χ0) is 15.0. The maximum absolute atomic E-state index is 10.7. The molecule has 1 unspecified atom stereocenters. The van der Waals surface area contributed by atoms with Gasteiger partial charge in [0.25, 0.3) is 0 Å². The molecule has 1 N–H and O–H groups in total. The third kappa shape index (κ3) is 2.60. The van der Waals surface area contributed by atoms with E-state index >= 15 is 0 Å². The molecule has 2 aliphatic rings. The third-order valence-corrected chi connectivity index (χ3v) is 4.63. The van der Waals surface area contributed by atoms with Gasteiger partial charge in [-0.3, -0.25) is 0 Å². The van der Waals surface area contributed by atoms with Crippen LogP contribution in [0.4, 0.5) is 0 Å². The number of carboxylic acids is 1. The molecule has 0 amide bonds. The van der Waals surface area contributed by atoms with E-state index in [0.29, 0.717) is 0 Å². The number of fused-ring (bicyclic) bond motifs is 2. The van der Waals surface area contributed by atoms with Gasteiger partial charge in [0.05, 0.1) is 7.11 Å². The molecule has 1 saturated carbocycles. The van der Waals surface area contributed by atoms with Crippen molar-refractivity contribution in [2.75, 3.05) is 7.11 Å². The van der Waals surface area contributed by atoms with E-state index in [9.17, 15) is 4.79 Å². The number of aliphatic carboxylic acids is 1. The Morgan fingerprint density at radius 1 is 1.38 bits per heavy atom. The summed E-state index contributed by atoms with van der Waals surface area (Å²) in [6.07, 6.45) is 7.75. The van der Waals surface area contributed by atoms with Crippen molar-refractivity contribution >= 4 is 17.6 Å². The summed E-state index contributed by atoms with van der Waals surface area (Å²) in [5.41, 5.74) is 6.11. The van der Waals surface area contributed by atoms with Gasteiger partial charge >= 0.3 is 5.97 Å². The van der Waals surface area contributed by atoms with Crippen molar-refractivity contribution in [1.82, 2.24) is 0 Å². The molecule has 2 aliphatic carbocycles. The molecule has 3 heteroatoms. The highest BCUT2D eigenvalue weighted by Gasteiger charge is 2.31. The minimum Gasteiger partial charge on any atom is -0.496 e. The molecule has 2 bridgehead atoms. The lowest BCUT2D eigenvalue weighted by molar-refractivity contribution is -0.131. The smallest absolute Gasteiger partial charge is 0.328 e. The first-order chi connectivity index (χ1) is 10.1. The van der Waals surface area contributed by atoms with Gasteiger partial charge in [0.15, 0.2) is 0 Å². The lowest BCUT2D eigenvalue weighted by atomic mass is 9.91. The van der Waals surface area contributed by atoms with Crippen LogP contribution in [-0.4, -0.2) is 18.2 Å². The summed E-state index contributed by atoms with van der Waals surface area (Å²) in [4.78, 5) is 10.7. The summed E-state index contributed by atoms with van der Waals surface area (Å²) >= 11 is 0. The van der Waals surface area contributed by atoms with Gasteiger partial charge in [-0.1, -0.05) is 5.57 Å². The van der Waals surface area contributed by atoms with Crippen LogP contribution in [0.1, 0.15) is 42.4 Å². The van der Waals surface area contributed by atoms with E-state index in [0.717, 1.165) is 34.8 Å². The lowest BCUT2D eigenvalue weighted by Gasteiger charge is -2.17. The van der Waals surface area contributed by atoms with Crippen LogP contribution in [-0.2, 0) is 4.79 Å². The van der Waals surface area contributed by atoms with Crippen molar-refractivity contribution in [2.24, 2.45) is 5.92 Å². The maximum atomic E-state index is 10.7. The van der Waals surface area contributed by atoms with Crippen LogP contribution < -0.4 is 4.74 Å². The van der Waals surface area contributed by atoms with Crippen molar-refractivity contribution in [3.8, 4) is 5.75 Å². The Morgan fingerprint density at radius 3 is 2.76 bits per heavy atom. The van der Waals surface area contributed by atoms with Gasteiger partial charge < -0.3 is 9.84 Å².